The molecule has 0 saturated heterocycles. The number of hydrogen-bond donors (Lipinski definition) is 0. The molecule has 0 amide bonds. The molecule has 152 valence electrons. The van der Waals surface area contributed by atoms with Crippen LogP contribution in [0, 0.1) is 0 Å². The lowest BCUT2D eigenvalue weighted by atomic mass is 9.97. The lowest BCUT2D eigenvalue weighted by molar-refractivity contribution is -0.129. The summed E-state index contributed by atoms with van der Waals surface area (Å²) in [7, 11) is 1.62. The van der Waals surface area contributed by atoms with Crippen molar-refractivity contribution in [1.82, 2.24) is 0 Å². The van der Waals surface area contributed by atoms with E-state index in [1.54, 1.807) is 31.4 Å². The van der Waals surface area contributed by atoms with E-state index in [0.717, 1.165) is 16.9 Å². The molecule has 3 aromatic carbocycles. The number of ether oxygens (including phenoxy) is 3. The van der Waals surface area contributed by atoms with Crippen molar-refractivity contribution in [1.29, 1.82) is 0 Å². The minimum Gasteiger partial charge on any atom is -0.497 e. The van der Waals surface area contributed by atoms with E-state index in [0.29, 0.717) is 27.7 Å². The van der Waals surface area contributed by atoms with Gasteiger partial charge < -0.3 is 14.2 Å². The molecular formula is C25H16ClNO4. The van der Waals surface area contributed by atoms with Gasteiger partial charge in [0.05, 0.1) is 7.11 Å². The van der Waals surface area contributed by atoms with Crippen molar-refractivity contribution in [3.05, 3.63) is 106 Å². The third-order valence-electron chi connectivity index (χ3n) is 4.99. The molecule has 0 saturated carbocycles. The van der Waals surface area contributed by atoms with E-state index in [9.17, 15) is 4.79 Å². The first-order valence-corrected chi connectivity index (χ1v) is 9.94. The summed E-state index contributed by atoms with van der Waals surface area (Å²) in [5.74, 6) is 1.72. The van der Waals surface area contributed by atoms with Crippen LogP contribution < -0.4 is 9.47 Å². The maximum atomic E-state index is 12.8. The number of cyclic esters (lactones) is 1. The van der Waals surface area contributed by atoms with Gasteiger partial charge in [-0.3, -0.25) is 0 Å². The highest BCUT2D eigenvalue weighted by atomic mass is 35.5. The number of carbonyl (C=O) groups is 1. The van der Waals surface area contributed by atoms with Gasteiger partial charge >= 0.3 is 5.97 Å². The van der Waals surface area contributed by atoms with Crippen molar-refractivity contribution in [3.63, 3.8) is 0 Å². The van der Waals surface area contributed by atoms with Gasteiger partial charge in [-0.1, -0.05) is 29.8 Å². The van der Waals surface area contributed by atoms with Crippen molar-refractivity contribution in [3.8, 4) is 11.5 Å². The third-order valence-corrected chi connectivity index (χ3v) is 5.24. The third kappa shape index (κ3) is 3.60. The van der Waals surface area contributed by atoms with Gasteiger partial charge in [0.1, 0.15) is 17.3 Å². The molecule has 5 rings (SSSR count). The molecule has 3 aromatic rings. The molecular weight excluding hydrogens is 414 g/mol. The highest BCUT2D eigenvalue weighted by Crippen LogP contribution is 2.40. The number of methoxy groups -OCH3 is 1. The number of nitrogens with zero attached hydrogens (tertiary/aromatic N) is 1. The Balaban J connectivity index is 1.64. The summed E-state index contributed by atoms with van der Waals surface area (Å²) in [6, 6.07) is 22.0. The number of rotatable bonds is 3. The molecule has 0 aliphatic carbocycles. The van der Waals surface area contributed by atoms with Gasteiger partial charge in [-0.2, -0.15) is 0 Å². The molecule has 6 heteroatoms. The zero-order chi connectivity index (χ0) is 21.4. The van der Waals surface area contributed by atoms with Crippen molar-refractivity contribution >= 4 is 34.8 Å². The number of carbonyl (C=O) groups excluding carboxylic acids is 1. The second kappa shape index (κ2) is 7.78. The molecule has 0 bridgehead atoms. The summed E-state index contributed by atoms with van der Waals surface area (Å²) in [6.07, 6.45) is 1.81. The van der Waals surface area contributed by atoms with Gasteiger partial charge in [0.15, 0.2) is 5.70 Å². The molecule has 5 nitrogen and oxygen atoms in total. The van der Waals surface area contributed by atoms with Gasteiger partial charge in [-0.05, 0) is 60.7 Å². The number of benzene rings is 3. The number of aliphatic imine (C=N–C) groups is 1. The Morgan fingerprint density at radius 1 is 0.871 bits per heavy atom. The average molecular weight is 430 g/mol. The van der Waals surface area contributed by atoms with Gasteiger partial charge in [0, 0.05) is 27.3 Å². The monoisotopic (exact) mass is 429 g/mol. The minimum atomic E-state index is -0.512. The summed E-state index contributed by atoms with van der Waals surface area (Å²) in [6.45, 7) is 0. The predicted octanol–water partition coefficient (Wildman–Crippen LogP) is 5.50. The standard InChI is InChI=1S/C25H16ClNO4/c1-29-18-12-8-15(9-13-18)22-14-20(19-4-2-3-5-21(19)30-22)23-25(28)31-24(27-23)16-6-10-17(26)11-7-16/h2-14H,1H3. The molecule has 0 spiro atoms. The lowest BCUT2D eigenvalue weighted by Crippen LogP contribution is -2.08. The molecule has 2 aliphatic rings. The van der Waals surface area contributed by atoms with Crippen LogP contribution in [0.25, 0.3) is 11.3 Å². The molecule has 0 fully saturated rings. The Labute approximate surface area is 183 Å². The molecule has 31 heavy (non-hydrogen) atoms. The number of fused-ring (bicyclic) bond motifs is 1. The smallest absolute Gasteiger partial charge is 0.364 e. The zero-order valence-corrected chi connectivity index (χ0v) is 17.2. The van der Waals surface area contributed by atoms with E-state index in [-0.39, 0.29) is 11.6 Å². The first-order chi connectivity index (χ1) is 15.1. The Hall–Kier alpha value is -3.83. The van der Waals surface area contributed by atoms with Crippen LogP contribution in [0.2, 0.25) is 5.02 Å². The molecule has 0 unspecified atom stereocenters. The van der Waals surface area contributed by atoms with Crippen molar-refractivity contribution in [2.75, 3.05) is 7.11 Å². The van der Waals surface area contributed by atoms with Crippen molar-refractivity contribution in [2.45, 2.75) is 0 Å². The van der Waals surface area contributed by atoms with E-state index in [1.165, 1.54) is 0 Å². The average Bonchev–Trinajstić information content (AvgIpc) is 3.20. The fraction of sp³-hybridized carbons (Fsp3) is 0.0400. The van der Waals surface area contributed by atoms with Crippen LogP contribution in [0.15, 0.2) is 89.6 Å². The summed E-state index contributed by atoms with van der Waals surface area (Å²) in [5, 5.41) is 0.595. The highest BCUT2D eigenvalue weighted by Gasteiger charge is 2.30. The first-order valence-electron chi connectivity index (χ1n) is 9.57. The fourth-order valence-electron chi connectivity index (χ4n) is 3.42. The summed E-state index contributed by atoms with van der Waals surface area (Å²) in [5.41, 5.74) is 3.16. The summed E-state index contributed by atoms with van der Waals surface area (Å²) in [4.78, 5) is 17.3. The Bertz CT molecular complexity index is 1270. The number of halogens is 1. The molecule has 0 radical (unpaired) electrons. The second-order valence-electron chi connectivity index (χ2n) is 6.91. The molecule has 0 atom stereocenters. The maximum absolute atomic E-state index is 12.8. The fourth-order valence-corrected chi connectivity index (χ4v) is 3.55. The van der Waals surface area contributed by atoms with Gasteiger partial charge in [0.2, 0.25) is 5.90 Å². The van der Waals surface area contributed by atoms with Crippen LogP contribution in [0.1, 0.15) is 16.7 Å². The van der Waals surface area contributed by atoms with Crippen LogP contribution >= 0.6 is 11.6 Å². The van der Waals surface area contributed by atoms with Gasteiger partial charge in [-0.15, -0.1) is 0 Å². The molecule has 2 aliphatic heterocycles. The molecule has 2 heterocycles. The highest BCUT2D eigenvalue weighted by molar-refractivity contribution is 6.30. The van der Waals surface area contributed by atoms with Crippen LogP contribution in [0.4, 0.5) is 0 Å². The number of hydrogen-bond acceptors (Lipinski definition) is 5. The lowest BCUT2D eigenvalue weighted by Gasteiger charge is -2.20. The van der Waals surface area contributed by atoms with Crippen LogP contribution in [0.3, 0.4) is 0 Å². The SMILES string of the molecule is COc1ccc(C2=CC(=C3N=C(c4ccc(Cl)cc4)OC3=O)c3ccccc3O2)cc1. The van der Waals surface area contributed by atoms with E-state index in [1.807, 2.05) is 54.6 Å². The van der Waals surface area contributed by atoms with E-state index >= 15 is 0 Å². The van der Waals surface area contributed by atoms with E-state index in [4.69, 9.17) is 25.8 Å². The van der Waals surface area contributed by atoms with Crippen molar-refractivity contribution < 1.29 is 19.0 Å². The maximum Gasteiger partial charge on any atom is 0.364 e. The zero-order valence-electron chi connectivity index (χ0n) is 16.5. The van der Waals surface area contributed by atoms with Gasteiger partial charge in [-0.25, -0.2) is 9.79 Å². The largest absolute Gasteiger partial charge is 0.497 e. The first kappa shape index (κ1) is 19.2. The summed E-state index contributed by atoms with van der Waals surface area (Å²) >= 11 is 5.96. The van der Waals surface area contributed by atoms with E-state index in [2.05, 4.69) is 4.99 Å². The Morgan fingerprint density at radius 3 is 2.32 bits per heavy atom. The Morgan fingerprint density at radius 2 is 1.58 bits per heavy atom. The van der Waals surface area contributed by atoms with Crippen LogP contribution in [0.5, 0.6) is 11.5 Å². The van der Waals surface area contributed by atoms with Crippen LogP contribution in [-0.4, -0.2) is 19.0 Å². The number of allylic oxidation sites excluding steroid dienone is 2. The normalized spacial score (nSPS) is 17.3. The molecule has 0 N–H and O–H groups in total. The van der Waals surface area contributed by atoms with Gasteiger partial charge in [0.25, 0.3) is 0 Å². The molecule has 0 aromatic heterocycles. The topological polar surface area (TPSA) is 57.1 Å². The quantitative estimate of drug-likeness (QED) is 0.407. The Kier molecular flexibility index (Phi) is 4.81. The number of esters is 1. The summed E-state index contributed by atoms with van der Waals surface area (Å²) < 4.78 is 16.8. The minimum absolute atomic E-state index is 0.228. The van der Waals surface area contributed by atoms with E-state index < -0.39 is 5.97 Å². The van der Waals surface area contributed by atoms with Crippen LogP contribution in [-0.2, 0) is 9.53 Å². The predicted molar refractivity (Wildman–Crippen MR) is 119 cm³/mol. The van der Waals surface area contributed by atoms with Crippen molar-refractivity contribution in [2.24, 2.45) is 4.99 Å². The number of para-hydroxylation sites is 1. The second-order valence-corrected chi connectivity index (χ2v) is 7.35.